The minimum Gasteiger partial charge on any atom is -0.339 e. The molecule has 4 aromatic rings. The van der Waals surface area contributed by atoms with Crippen molar-refractivity contribution in [1.82, 2.24) is 4.90 Å². The molecule has 1 amide bonds. The molecule has 0 atom stereocenters. The number of rotatable bonds is 6. The summed E-state index contributed by atoms with van der Waals surface area (Å²) in [6.45, 7) is 5.39. The fraction of sp³-hybridized carbons (Fsp3) is 0.129. The van der Waals surface area contributed by atoms with E-state index in [1.807, 2.05) is 49.1 Å². The molecule has 0 aliphatic carbocycles. The summed E-state index contributed by atoms with van der Waals surface area (Å²) in [5.74, 6) is 6.78. The maximum absolute atomic E-state index is 12.8. The van der Waals surface area contributed by atoms with Crippen LogP contribution in [0.15, 0.2) is 109 Å². The zero-order chi connectivity index (χ0) is 23.8. The first-order valence-corrected chi connectivity index (χ1v) is 13.0. The Morgan fingerprint density at radius 1 is 0.714 bits per heavy atom. The first-order valence-electron chi connectivity index (χ1n) is 11.6. The number of carbonyl (C=O) groups is 1. The molecule has 0 aliphatic heterocycles. The zero-order valence-corrected chi connectivity index (χ0v) is 23.0. The van der Waals surface area contributed by atoms with Crippen molar-refractivity contribution in [2.24, 2.45) is 0 Å². The summed E-state index contributed by atoms with van der Waals surface area (Å²) in [5.41, 5.74) is 2.54. The molecule has 0 aromatic heterocycles. The minimum atomic E-state index is -0.740. The molecule has 0 spiro atoms. The third kappa shape index (κ3) is 6.61. The van der Waals surface area contributed by atoms with E-state index in [4.69, 9.17) is 0 Å². The number of amides is 1. The Kier molecular flexibility index (Phi) is 10.1. The van der Waals surface area contributed by atoms with E-state index in [1.54, 1.807) is 0 Å². The van der Waals surface area contributed by atoms with Crippen LogP contribution in [0.3, 0.4) is 0 Å². The van der Waals surface area contributed by atoms with Crippen LogP contribution in [0.4, 0.5) is 0 Å². The van der Waals surface area contributed by atoms with Crippen LogP contribution in [-0.2, 0) is 22.4 Å². The quantitative estimate of drug-likeness (QED) is 0.156. The Morgan fingerprint density at radius 2 is 1.29 bits per heavy atom. The van der Waals surface area contributed by atoms with Crippen LogP contribution >= 0.6 is 7.92 Å². The predicted molar refractivity (Wildman–Crippen MR) is 145 cm³/mol. The molecule has 0 N–H and O–H groups in total. The Balaban J connectivity index is 0.00000342. The SMILES string of the molecule is CCN(CC)C(=O)c1cccc(C#Cc2ccccc2P(c2ccccc2)c2ccccc2)c1.[Au]. The van der Waals surface area contributed by atoms with Gasteiger partial charge in [-0.15, -0.1) is 0 Å². The molecule has 4 rings (SSSR count). The summed E-state index contributed by atoms with van der Waals surface area (Å²) >= 11 is 0. The van der Waals surface area contributed by atoms with Gasteiger partial charge in [-0.3, -0.25) is 4.79 Å². The van der Waals surface area contributed by atoms with E-state index in [-0.39, 0.29) is 28.3 Å². The summed E-state index contributed by atoms with van der Waals surface area (Å²) in [7, 11) is -0.740. The summed E-state index contributed by atoms with van der Waals surface area (Å²) in [4.78, 5) is 14.6. The zero-order valence-electron chi connectivity index (χ0n) is 19.9. The molecule has 0 heterocycles. The van der Waals surface area contributed by atoms with Gasteiger partial charge in [-0.2, -0.15) is 0 Å². The van der Waals surface area contributed by atoms with Gasteiger partial charge < -0.3 is 4.90 Å². The average Bonchev–Trinajstić information content (AvgIpc) is 2.90. The van der Waals surface area contributed by atoms with Gasteiger partial charge in [0.1, 0.15) is 0 Å². The number of benzene rings is 4. The van der Waals surface area contributed by atoms with Crippen LogP contribution in [0.1, 0.15) is 35.3 Å². The van der Waals surface area contributed by atoms with Crippen LogP contribution in [0.5, 0.6) is 0 Å². The normalized spacial score (nSPS) is 10.1. The van der Waals surface area contributed by atoms with Crippen molar-refractivity contribution >= 4 is 29.7 Å². The predicted octanol–water partition coefficient (Wildman–Crippen LogP) is 5.32. The van der Waals surface area contributed by atoms with Gasteiger partial charge in [-0.05, 0) is 56.6 Å². The van der Waals surface area contributed by atoms with Gasteiger partial charge in [0.05, 0.1) is 0 Å². The monoisotopic (exact) mass is 658 g/mol. The van der Waals surface area contributed by atoms with Crippen molar-refractivity contribution in [2.75, 3.05) is 13.1 Å². The molecule has 179 valence electrons. The standard InChI is InChI=1S/C31H28NOP.Au/c1-3-32(4-2)31(33)27-16-13-14-25(24-27)22-23-26-15-11-12-21-30(26)34(28-17-7-5-8-18-28)29-19-9-6-10-20-29;/h5-21,24H,3-4H2,1-2H3;. The Hall–Kier alpha value is -2.92. The van der Waals surface area contributed by atoms with Gasteiger partial charge in [0.15, 0.2) is 0 Å². The summed E-state index contributed by atoms with van der Waals surface area (Å²) in [6, 6.07) is 37.3. The number of carbonyl (C=O) groups excluding carboxylic acids is 1. The van der Waals surface area contributed by atoms with E-state index in [0.717, 1.165) is 11.1 Å². The van der Waals surface area contributed by atoms with Gasteiger partial charge in [-0.1, -0.05) is 96.8 Å². The molecule has 0 unspecified atom stereocenters. The molecular weight excluding hydrogens is 630 g/mol. The smallest absolute Gasteiger partial charge is 0.253 e. The van der Waals surface area contributed by atoms with Gasteiger partial charge >= 0.3 is 0 Å². The molecule has 0 bridgehead atoms. The molecule has 0 saturated carbocycles. The first kappa shape index (κ1) is 26.7. The van der Waals surface area contributed by atoms with Crippen molar-refractivity contribution in [2.45, 2.75) is 13.8 Å². The van der Waals surface area contributed by atoms with E-state index in [1.165, 1.54) is 15.9 Å². The van der Waals surface area contributed by atoms with Gasteiger partial charge in [0.25, 0.3) is 5.91 Å². The topological polar surface area (TPSA) is 20.3 Å². The van der Waals surface area contributed by atoms with Gasteiger partial charge in [-0.25, -0.2) is 0 Å². The molecule has 2 nitrogen and oxygen atoms in total. The van der Waals surface area contributed by atoms with Crippen LogP contribution in [-0.4, -0.2) is 23.9 Å². The first-order chi connectivity index (χ1) is 16.7. The molecule has 4 heteroatoms. The molecule has 4 aromatic carbocycles. The Labute approximate surface area is 225 Å². The van der Waals surface area contributed by atoms with E-state index in [9.17, 15) is 4.79 Å². The van der Waals surface area contributed by atoms with Crippen molar-refractivity contribution in [1.29, 1.82) is 0 Å². The fourth-order valence-electron chi connectivity index (χ4n) is 3.92. The number of nitrogens with zero attached hydrogens (tertiary/aromatic N) is 1. The number of hydrogen-bond donors (Lipinski definition) is 0. The Bertz CT molecular complexity index is 1270. The molecule has 0 fully saturated rings. The maximum Gasteiger partial charge on any atom is 0.253 e. The van der Waals surface area contributed by atoms with Crippen molar-refractivity contribution in [3.63, 3.8) is 0 Å². The second-order valence-electron chi connectivity index (χ2n) is 7.83. The molecule has 1 radical (unpaired) electrons. The molecule has 35 heavy (non-hydrogen) atoms. The second-order valence-corrected chi connectivity index (χ2v) is 10.0. The molecular formula is C31H28AuNOP. The van der Waals surface area contributed by atoms with E-state index >= 15 is 0 Å². The Morgan fingerprint density at radius 3 is 1.89 bits per heavy atom. The van der Waals surface area contributed by atoms with Crippen molar-refractivity contribution in [3.8, 4) is 11.8 Å². The van der Waals surface area contributed by atoms with Crippen LogP contribution in [0.2, 0.25) is 0 Å². The maximum atomic E-state index is 12.8. The van der Waals surface area contributed by atoms with Crippen LogP contribution < -0.4 is 15.9 Å². The third-order valence-electron chi connectivity index (χ3n) is 5.68. The average molecular weight is 659 g/mol. The minimum absolute atomic E-state index is 0. The number of hydrogen-bond acceptors (Lipinski definition) is 1. The van der Waals surface area contributed by atoms with Crippen molar-refractivity contribution < 1.29 is 27.2 Å². The largest absolute Gasteiger partial charge is 0.339 e. The van der Waals surface area contributed by atoms with Crippen LogP contribution in [0.25, 0.3) is 0 Å². The summed E-state index contributed by atoms with van der Waals surface area (Å²) in [5, 5.41) is 3.83. The fourth-order valence-corrected chi connectivity index (χ4v) is 6.32. The second kappa shape index (κ2) is 13.2. The van der Waals surface area contributed by atoms with Gasteiger partial charge in [0.2, 0.25) is 0 Å². The van der Waals surface area contributed by atoms with Crippen LogP contribution in [0, 0.1) is 11.8 Å². The summed E-state index contributed by atoms with van der Waals surface area (Å²) in [6.07, 6.45) is 0. The van der Waals surface area contributed by atoms with E-state index in [2.05, 4.69) is 90.7 Å². The van der Waals surface area contributed by atoms with Crippen molar-refractivity contribution in [3.05, 3.63) is 126 Å². The van der Waals surface area contributed by atoms with E-state index in [0.29, 0.717) is 18.7 Å². The third-order valence-corrected chi connectivity index (χ3v) is 8.18. The van der Waals surface area contributed by atoms with Gasteiger partial charge in [0, 0.05) is 57.5 Å². The molecule has 0 aliphatic rings. The molecule has 0 saturated heterocycles. The van der Waals surface area contributed by atoms with E-state index < -0.39 is 7.92 Å². The summed E-state index contributed by atoms with van der Waals surface area (Å²) < 4.78 is 0.